The van der Waals surface area contributed by atoms with E-state index in [1.807, 2.05) is 42.3 Å². The standard InChI is InChI=1S/C11H19N.C10H23N.C9H23N3.C9H22N2.2C9H21N.2C8H19N.C7H18N2.C7H17N.C5H14N2.C5H13N/c12-7-11-4-8-1-9(5-11)3-10(2-8)6-11;1-2-3-4-5-6-7-8-9-10-11;1-10-6-4-8-12(3)9-5-7-11-2;1-8(2)10-6-5-7-11-9(3)4;1-8(2)6-5-7-10-9(3)4;1-3-4-5-6-7-8-9-10-2;1-3-4-5-6-7-8(2)9;1-3-5-6-8(4-2)7-9;1-3-8-6-5-7-9-4-2;1-3-5-6-7-8-4-2;1-6-4-3-5-7-2;1-3-4-5-6-2/h8-10H,1-7,12H2;2-11H2,1H3;10-11H,4-9H2,1-3H3;8-11H,5-7H2,1-4H3;8-10H,5-7H2,1-4H3;10H,3-9H2,1-2H3;2*8H,3-7,9H2,1-2H3;8-9H,3-7H2,1-2H3;8H,3-7H2,1-2H3;6-7H,3-5H2,1-2H3;6H,3-5H2,1-2H3. The van der Waals surface area contributed by atoms with Gasteiger partial charge < -0.3 is 91.6 Å². The van der Waals surface area contributed by atoms with Crippen molar-refractivity contribution in [2.45, 2.75) is 419 Å². The number of hydrogen-bond acceptors (Lipinski definition) is 17. The monoisotopic (exact) mass is 1630 g/mol. The Bertz CT molecular complexity index is 1430. The molecule has 0 aromatic heterocycles. The zero-order valence-electron chi connectivity index (χ0n) is 83.6. The van der Waals surface area contributed by atoms with E-state index in [-0.39, 0.29) is 0 Å². The van der Waals surface area contributed by atoms with Crippen LogP contribution in [0.1, 0.15) is 395 Å². The molecule has 0 amide bonds. The van der Waals surface area contributed by atoms with Gasteiger partial charge in [-0.1, -0.05) is 266 Å². The molecule has 0 radical (unpaired) electrons. The molecule has 0 aromatic carbocycles. The first-order valence-corrected chi connectivity index (χ1v) is 49.7. The lowest BCUT2D eigenvalue weighted by Gasteiger charge is -2.56. The number of nitrogens with two attached hydrogens (primary N) is 4. The molecule has 17 heteroatoms. The van der Waals surface area contributed by atoms with Crippen LogP contribution in [0.3, 0.4) is 0 Å². The van der Waals surface area contributed by atoms with Gasteiger partial charge in [0.1, 0.15) is 0 Å². The highest BCUT2D eigenvalue weighted by atomic mass is 15.1. The number of hydrogen-bond donors (Lipinski definition) is 16. The van der Waals surface area contributed by atoms with Crippen LogP contribution >= 0.6 is 0 Å². The van der Waals surface area contributed by atoms with Crippen molar-refractivity contribution in [3.63, 3.8) is 0 Å². The lowest BCUT2D eigenvalue weighted by Crippen LogP contribution is -2.49. The zero-order valence-corrected chi connectivity index (χ0v) is 83.6. The van der Waals surface area contributed by atoms with Gasteiger partial charge in [-0.05, 0) is 344 Å². The largest absolute Gasteiger partial charge is 0.330 e. The third-order valence-electron chi connectivity index (χ3n) is 20.8. The van der Waals surface area contributed by atoms with E-state index in [1.54, 1.807) is 0 Å². The Morgan fingerprint density at radius 2 is 0.632 bits per heavy atom. The molecule has 4 rings (SSSR count). The summed E-state index contributed by atoms with van der Waals surface area (Å²) < 4.78 is 0. The molecule has 20 N–H and O–H groups in total. The third kappa shape index (κ3) is 132. The molecule has 702 valence electrons. The summed E-state index contributed by atoms with van der Waals surface area (Å²) >= 11 is 0. The van der Waals surface area contributed by atoms with Crippen molar-refractivity contribution < 1.29 is 0 Å². The first-order valence-electron chi connectivity index (χ1n) is 49.7. The molecule has 0 aromatic rings. The predicted molar refractivity (Wildman–Crippen MR) is 527 cm³/mol. The Kier molecular flexibility index (Phi) is 137. The lowest BCUT2D eigenvalue weighted by atomic mass is 9.50. The molecule has 2 unspecified atom stereocenters. The number of nitrogens with one attached hydrogen (secondary N) is 12. The fourth-order valence-corrected chi connectivity index (χ4v) is 13.9. The van der Waals surface area contributed by atoms with Crippen molar-refractivity contribution in [3.8, 4) is 0 Å². The summed E-state index contributed by atoms with van der Waals surface area (Å²) in [5.74, 6) is 4.85. The van der Waals surface area contributed by atoms with E-state index < -0.39 is 0 Å². The fourth-order valence-electron chi connectivity index (χ4n) is 13.9. The Hall–Kier alpha value is -0.680. The van der Waals surface area contributed by atoms with Gasteiger partial charge in [0, 0.05) is 24.2 Å². The highest BCUT2D eigenvalue weighted by Crippen LogP contribution is 2.59. The van der Waals surface area contributed by atoms with Crippen molar-refractivity contribution in [1.29, 1.82) is 0 Å². The average Bonchev–Trinajstić information content (AvgIpc) is 0.757. The molecule has 4 aliphatic rings. The van der Waals surface area contributed by atoms with E-state index in [2.05, 4.69) is 207 Å². The third-order valence-corrected chi connectivity index (χ3v) is 20.8. The second-order valence-corrected chi connectivity index (χ2v) is 34.8. The van der Waals surface area contributed by atoms with E-state index in [9.17, 15) is 0 Å². The fraction of sp³-hybridized carbons (Fsp3) is 1.00. The maximum absolute atomic E-state index is 5.93. The van der Waals surface area contributed by atoms with Crippen LogP contribution in [0.4, 0.5) is 0 Å². The Labute approximate surface area is 722 Å². The van der Waals surface area contributed by atoms with E-state index in [1.165, 1.54) is 296 Å². The van der Waals surface area contributed by atoms with Crippen molar-refractivity contribution in [2.75, 3.05) is 180 Å². The molecule has 114 heavy (non-hydrogen) atoms. The SMILES string of the molecule is CC(C)CCCNC(C)C.CC(C)NCCCNC(C)C.CCCCC(CC)CN.CCCCCCC(C)N.CCCCCCCCCCN.CCCCCCCCNC.CCCCCNCC.CCCCNC.CCNCCCNCC.CNCCCN(C)CCCNC.CNCCCNC.NCC12CC3CC(CC(C3)C1)C2. The summed E-state index contributed by atoms with van der Waals surface area (Å²) in [6.45, 7) is 63.8. The van der Waals surface area contributed by atoms with Crippen molar-refractivity contribution in [2.24, 2.45) is 57.9 Å². The maximum atomic E-state index is 5.93. The van der Waals surface area contributed by atoms with Gasteiger partial charge in [-0.3, -0.25) is 0 Å². The van der Waals surface area contributed by atoms with Crippen molar-refractivity contribution >= 4 is 0 Å². The Balaban J connectivity index is -0.000000151. The summed E-state index contributed by atoms with van der Waals surface area (Å²) in [4.78, 5) is 2.38. The van der Waals surface area contributed by atoms with Crippen LogP contribution in [0.25, 0.3) is 0 Å². The molecule has 17 nitrogen and oxygen atoms in total. The number of rotatable bonds is 63. The van der Waals surface area contributed by atoms with Gasteiger partial charge >= 0.3 is 0 Å². The van der Waals surface area contributed by atoms with Gasteiger partial charge in [0.15, 0.2) is 0 Å². The summed E-state index contributed by atoms with van der Waals surface area (Å²) in [5, 5.41) is 38.6. The Morgan fingerprint density at radius 3 is 0.956 bits per heavy atom. The lowest BCUT2D eigenvalue weighted by molar-refractivity contribution is -0.0468. The molecule has 0 aliphatic heterocycles. The second kappa shape index (κ2) is 119. The molecule has 0 heterocycles. The summed E-state index contributed by atoms with van der Waals surface area (Å²) in [7, 11) is 14.1. The molecule has 2 atom stereocenters. The normalized spacial score (nSPS) is 15.8. The van der Waals surface area contributed by atoms with E-state index in [0.717, 1.165) is 128 Å². The van der Waals surface area contributed by atoms with Crippen molar-refractivity contribution in [3.05, 3.63) is 0 Å². The minimum atomic E-state index is 0.404. The second-order valence-electron chi connectivity index (χ2n) is 34.8. The van der Waals surface area contributed by atoms with Gasteiger partial charge in [-0.15, -0.1) is 0 Å². The molecule has 4 fully saturated rings. The van der Waals surface area contributed by atoms with Crippen molar-refractivity contribution in [1.82, 2.24) is 68.7 Å². The molecule has 4 aliphatic carbocycles. The van der Waals surface area contributed by atoms with E-state index in [0.29, 0.717) is 29.6 Å². The maximum Gasteiger partial charge on any atom is 0.00104 e. The molecule has 4 bridgehead atoms. The summed E-state index contributed by atoms with van der Waals surface area (Å²) in [5.41, 5.74) is 23.0. The topological polar surface area (TPSA) is 252 Å². The molecule has 0 spiro atoms. The number of nitrogens with zero attached hydrogens (tertiary/aromatic N) is 1. The highest BCUT2D eigenvalue weighted by molar-refractivity contribution is 5.01. The van der Waals surface area contributed by atoms with Gasteiger partial charge in [-0.2, -0.15) is 0 Å². The minimum Gasteiger partial charge on any atom is -0.330 e. The van der Waals surface area contributed by atoms with Crippen LogP contribution in [-0.4, -0.2) is 209 Å². The molecular weight excluding hydrogens is 1400 g/mol. The van der Waals surface area contributed by atoms with Gasteiger partial charge in [0.2, 0.25) is 0 Å². The quantitative estimate of drug-likeness (QED) is 0.0253. The van der Waals surface area contributed by atoms with Gasteiger partial charge in [-0.25, -0.2) is 0 Å². The van der Waals surface area contributed by atoms with Crippen LogP contribution in [0.15, 0.2) is 0 Å². The predicted octanol–water partition coefficient (Wildman–Crippen LogP) is 19.4. The Morgan fingerprint density at radius 1 is 0.325 bits per heavy atom. The highest BCUT2D eigenvalue weighted by Gasteiger charge is 2.50. The molecular formula is C97H229N17. The van der Waals surface area contributed by atoms with Crippen LogP contribution < -0.4 is 86.7 Å². The molecule has 0 saturated heterocycles. The van der Waals surface area contributed by atoms with Crippen LogP contribution in [0.5, 0.6) is 0 Å². The summed E-state index contributed by atoms with van der Waals surface area (Å²) in [6, 6.07) is 2.29. The van der Waals surface area contributed by atoms with Crippen LogP contribution in [0, 0.1) is 35.0 Å². The average molecular weight is 1630 g/mol. The first-order chi connectivity index (χ1) is 55.0. The zero-order chi connectivity index (χ0) is 87.9. The van der Waals surface area contributed by atoms with Crippen LogP contribution in [0.2, 0.25) is 0 Å². The minimum absolute atomic E-state index is 0.404. The smallest absolute Gasteiger partial charge is 0.00104 e. The number of unbranched alkanes of at least 4 members (excludes halogenated alkanes) is 19. The molecule has 4 saturated carbocycles. The van der Waals surface area contributed by atoms with Crippen LogP contribution in [-0.2, 0) is 0 Å². The van der Waals surface area contributed by atoms with Gasteiger partial charge in [0.25, 0.3) is 0 Å². The van der Waals surface area contributed by atoms with Gasteiger partial charge in [0.05, 0.1) is 0 Å². The van der Waals surface area contributed by atoms with E-state index in [4.69, 9.17) is 22.9 Å². The van der Waals surface area contributed by atoms with E-state index >= 15 is 0 Å². The first kappa shape index (κ1) is 131. The summed E-state index contributed by atoms with van der Waals surface area (Å²) in [6.07, 6.45) is 55.6.